The van der Waals surface area contributed by atoms with Gasteiger partial charge in [-0.2, -0.15) is 0 Å². The summed E-state index contributed by atoms with van der Waals surface area (Å²) in [6, 6.07) is 21.7. The zero-order valence-corrected chi connectivity index (χ0v) is 20.3. The minimum Gasteiger partial charge on any atom is -0.469 e. The number of furan rings is 1. The highest BCUT2D eigenvalue weighted by Crippen LogP contribution is 2.33. The second-order valence-corrected chi connectivity index (χ2v) is 9.67. The highest BCUT2D eigenvalue weighted by atomic mass is 32.2. The lowest BCUT2D eigenvalue weighted by atomic mass is 10.1. The first-order valence-electron chi connectivity index (χ1n) is 10.9. The van der Waals surface area contributed by atoms with Crippen LogP contribution in [0.4, 0.5) is 0 Å². The number of thioether (sulfide) groups is 1. The monoisotopic (exact) mass is 497 g/mol. The summed E-state index contributed by atoms with van der Waals surface area (Å²) in [6.07, 6.45) is 1.65. The Morgan fingerprint density at radius 3 is 2.51 bits per heavy atom. The van der Waals surface area contributed by atoms with Crippen LogP contribution >= 0.6 is 23.1 Å². The molecule has 35 heavy (non-hydrogen) atoms. The molecule has 6 aromatic rings. The third-order valence-electron chi connectivity index (χ3n) is 5.66. The highest BCUT2D eigenvalue weighted by molar-refractivity contribution is 7.98. The van der Waals surface area contributed by atoms with Gasteiger partial charge >= 0.3 is 0 Å². The summed E-state index contributed by atoms with van der Waals surface area (Å²) in [4.78, 5) is 21.4. The number of fused-ring (bicyclic) bond motifs is 1. The maximum Gasteiger partial charge on any atom is 0.260 e. The third-order valence-corrected chi connectivity index (χ3v) is 7.48. The Bertz CT molecular complexity index is 1680. The lowest BCUT2D eigenvalue weighted by Crippen LogP contribution is -2.11. The van der Waals surface area contributed by atoms with E-state index in [4.69, 9.17) is 9.40 Å². The number of nitrogens with zero attached hydrogens (tertiary/aromatic N) is 4. The maximum atomic E-state index is 13.0. The molecule has 0 bridgehead atoms. The largest absolute Gasteiger partial charge is 0.469 e. The molecule has 2 aromatic carbocycles. The molecule has 172 valence electrons. The quantitative estimate of drug-likeness (QED) is 0.280. The normalized spacial score (nSPS) is 11.3. The average Bonchev–Trinajstić information content (AvgIpc) is 3.62. The van der Waals surface area contributed by atoms with E-state index in [1.54, 1.807) is 6.26 Å². The molecule has 4 heterocycles. The summed E-state index contributed by atoms with van der Waals surface area (Å²) in [5.74, 6) is 2.51. The van der Waals surface area contributed by atoms with Crippen molar-refractivity contribution in [2.45, 2.75) is 17.8 Å². The van der Waals surface area contributed by atoms with Crippen molar-refractivity contribution in [3.63, 3.8) is 0 Å². The molecule has 0 saturated heterocycles. The number of aromatic amines is 1. The van der Waals surface area contributed by atoms with Crippen molar-refractivity contribution < 1.29 is 4.42 Å². The number of para-hydroxylation sites is 1. The summed E-state index contributed by atoms with van der Waals surface area (Å²) < 4.78 is 7.50. The molecule has 7 nitrogen and oxygen atoms in total. The summed E-state index contributed by atoms with van der Waals surface area (Å²) in [5, 5.41) is 12.2. The molecular weight excluding hydrogens is 478 g/mol. The Morgan fingerprint density at radius 2 is 1.77 bits per heavy atom. The van der Waals surface area contributed by atoms with Crippen LogP contribution in [-0.4, -0.2) is 24.7 Å². The molecule has 6 rings (SSSR count). The number of nitrogens with one attached hydrogen (secondary N) is 1. The fourth-order valence-electron chi connectivity index (χ4n) is 3.99. The van der Waals surface area contributed by atoms with Gasteiger partial charge in [0.15, 0.2) is 11.0 Å². The van der Waals surface area contributed by atoms with Crippen LogP contribution in [0.2, 0.25) is 0 Å². The van der Waals surface area contributed by atoms with Gasteiger partial charge in [0.1, 0.15) is 16.4 Å². The third kappa shape index (κ3) is 3.98. The summed E-state index contributed by atoms with van der Waals surface area (Å²) in [5.41, 5.74) is 3.60. The van der Waals surface area contributed by atoms with E-state index in [9.17, 15) is 4.79 Å². The fraction of sp³-hybridized carbons (Fsp3) is 0.0769. The lowest BCUT2D eigenvalue weighted by molar-refractivity contribution is 0.535. The van der Waals surface area contributed by atoms with Crippen LogP contribution in [0.15, 0.2) is 92.7 Å². The number of aryl methyl sites for hydroxylation is 1. The Kier molecular flexibility index (Phi) is 5.55. The minimum absolute atomic E-state index is 0.134. The molecule has 0 aliphatic rings. The lowest BCUT2D eigenvalue weighted by Gasteiger charge is -2.09. The molecule has 0 aliphatic carbocycles. The van der Waals surface area contributed by atoms with E-state index in [1.165, 1.54) is 23.1 Å². The molecule has 0 fully saturated rings. The van der Waals surface area contributed by atoms with Crippen molar-refractivity contribution in [1.29, 1.82) is 0 Å². The first kappa shape index (κ1) is 21.6. The number of benzene rings is 2. The predicted octanol–water partition coefficient (Wildman–Crippen LogP) is 6.09. The van der Waals surface area contributed by atoms with Crippen LogP contribution in [-0.2, 0) is 5.75 Å². The van der Waals surface area contributed by atoms with Crippen LogP contribution in [0.1, 0.15) is 11.6 Å². The Balaban J connectivity index is 1.35. The van der Waals surface area contributed by atoms with Crippen molar-refractivity contribution in [1.82, 2.24) is 24.7 Å². The SMILES string of the molecule is Cc1occc1-c1nnc(SCc2nc3scc(-c4ccccc4)c3c(=O)[nH]2)n1-c1ccccc1. The molecule has 0 spiro atoms. The molecule has 0 atom stereocenters. The average molecular weight is 498 g/mol. The van der Waals surface area contributed by atoms with Gasteiger partial charge in [-0.3, -0.25) is 9.36 Å². The maximum absolute atomic E-state index is 13.0. The van der Waals surface area contributed by atoms with Crippen molar-refractivity contribution in [2.75, 3.05) is 0 Å². The van der Waals surface area contributed by atoms with Crippen molar-refractivity contribution >= 4 is 33.3 Å². The molecule has 0 saturated carbocycles. The number of thiophene rings is 1. The van der Waals surface area contributed by atoms with E-state index in [0.717, 1.165) is 33.0 Å². The van der Waals surface area contributed by atoms with Crippen LogP contribution in [0.3, 0.4) is 0 Å². The van der Waals surface area contributed by atoms with Gasteiger partial charge in [0.25, 0.3) is 5.56 Å². The number of hydrogen-bond donors (Lipinski definition) is 1. The second-order valence-electron chi connectivity index (χ2n) is 7.86. The minimum atomic E-state index is -0.134. The predicted molar refractivity (Wildman–Crippen MR) is 139 cm³/mol. The smallest absolute Gasteiger partial charge is 0.260 e. The van der Waals surface area contributed by atoms with Gasteiger partial charge in [-0.25, -0.2) is 4.98 Å². The van der Waals surface area contributed by atoms with E-state index in [-0.39, 0.29) is 5.56 Å². The van der Waals surface area contributed by atoms with Gasteiger partial charge in [0, 0.05) is 16.6 Å². The number of aromatic nitrogens is 5. The van der Waals surface area contributed by atoms with Crippen molar-refractivity contribution in [3.05, 3.63) is 100 Å². The molecule has 0 unspecified atom stereocenters. The Hall–Kier alpha value is -3.95. The van der Waals surface area contributed by atoms with Gasteiger partial charge in [-0.1, -0.05) is 60.3 Å². The molecule has 0 aliphatic heterocycles. The second kappa shape index (κ2) is 9.01. The van der Waals surface area contributed by atoms with Gasteiger partial charge in [-0.15, -0.1) is 21.5 Å². The Labute approximate surface area is 208 Å². The van der Waals surface area contributed by atoms with Gasteiger partial charge in [0.05, 0.1) is 23.0 Å². The molecule has 0 amide bonds. The number of rotatable bonds is 6. The van der Waals surface area contributed by atoms with Crippen molar-refractivity contribution in [3.8, 4) is 28.2 Å². The number of H-pyrrole nitrogens is 1. The molecule has 0 radical (unpaired) electrons. The summed E-state index contributed by atoms with van der Waals surface area (Å²) in [7, 11) is 0. The first-order valence-corrected chi connectivity index (χ1v) is 12.8. The highest BCUT2D eigenvalue weighted by Gasteiger charge is 2.20. The summed E-state index contributed by atoms with van der Waals surface area (Å²) >= 11 is 2.95. The van der Waals surface area contributed by atoms with Crippen LogP contribution < -0.4 is 5.56 Å². The zero-order chi connectivity index (χ0) is 23.8. The van der Waals surface area contributed by atoms with Crippen LogP contribution in [0.5, 0.6) is 0 Å². The van der Waals surface area contributed by atoms with E-state index >= 15 is 0 Å². The standard InChI is InChI=1S/C26H19N5O2S2/c1-16-19(12-13-33-16)23-29-30-26(31(23)18-10-6-3-7-11-18)35-15-21-27-24(32)22-20(14-34-25(22)28-21)17-8-4-2-5-9-17/h2-14H,15H2,1H3,(H,27,28,32). The Morgan fingerprint density at radius 1 is 1.00 bits per heavy atom. The number of hydrogen-bond acceptors (Lipinski definition) is 7. The first-order chi connectivity index (χ1) is 17.2. The topological polar surface area (TPSA) is 89.6 Å². The van der Waals surface area contributed by atoms with E-state index in [1.807, 2.05) is 83.6 Å². The van der Waals surface area contributed by atoms with E-state index in [2.05, 4.69) is 15.2 Å². The summed E-state index contributed by atoms with van der Waals surface area (Å²) in [6.45, 7) is 1.90. The molecule has 9 heteroatoms. The molecule has 1 N–H and O–H groups in total. The van der Waals surface area contributed by atoms with Crippen LogP contribution in [0.25, 0.3) is 38.4 Å². The molecular formula is C26H19N5O2S2. The van der Waals surface area contributed by atoms with Gasteiger partial charge in [-0.05, 0) is 30.7 Å². The van der Waals surface area contributed by atoms with Gasteiger partial charge < -0.3 is 9.40 Å². The van der Waals surface area contributed by atoms with Crippen molar-refractivity contribution in [2.24, 2.45) is 0 Å². The molecule has 4 aromatic heterocycles. The van der Waals surface area contributed by atoms with E-state index in [0.29, 0.717) is 27.9 Å². The zero-order valence-electron chi connectivity index (χ0n) is 18.6. The van der Waals surface area contributed by atoms with E-state index < -0.39 is 0 Å². The van der Waals surface area contributed by atoms with Gasteiger partial charge in [0.2, 0.25) is 0 Å². The fourth-order valence-corrected chi connectivity index (χ4v) is 5.78. The van der Waals surface area contributed by atoms with Crippen LogP contribution in [0, 0.1) is 6.92 Å².